The molecule has 1 aliphatic carbocycles. The van der Waals surface area contributed by atoms with Gasteiger partial charge in [0.15, 0.2) is 0 Å². The number of benzene rings is 1. The molecule has 0 unspecified atom stereocenters. The molecule has 0 aliphatic heterocycles. The van der Waals surface area contributed by atoms with Crippen LogP contribution in [0.4, 0.5) is 0 Å². The van der Waals surface area contributed by atoms with Gasteiger partial charge in [0, 0.05) is 6.54 Å². The maximum atomic E-state index is 11.6. The summed E-state index contributed by atoms with van der Waals surface area (Å²) in [5, 5.41) is 6.57. The van der Waals surface area contributed by atoms with E-state index in [2.05, 4.69) is 10.6 Å². The van der Waals surface area contributed by atoms with Crippen molar-refractivity contribution in [2.24, 2.45) is 5.92 Å². The van der Waals surface area contributed by atoms with Crippen molar-refractivity contribution in [3.8, 4) is 5.75 Å². The van der Waals surface area contributed by atoms with Gasteiger partial charge in [0.1, 0.15) is 5.75 Å². The number of ether oxygens (including phenoxy) is 1. The van der Waals surface area contributed by atoms with E-state index in [4.69, 9.17) is 16.3 Å². The molecule has 1 aromatic rings. The van der Waals surface area contributed by atoms with E-state index >= 15 is 0 Å². The zero-order chi connectivity index (χ0) is 13.7. The molecule has 6 heteroatoms. The molecule has 0 aromatic heterocycles. The van der Waals surface area contributed by atoms with E-state index in [9.17, 15) is 4.79 Å². The van der Waals surface area contributed by atoms with Gasteiger partial charge in [-0.2, -0.15) is 0 Å². The lowest BCUT2D eigenvalue weighted by Gasteiger charge is -2.08. The van der Waals surface area contributed by atoms with Gasteiger partial charge in [0.05, 0.1) is 18.7 Å². The number of carbonyl (C=O) groups is 1. The minimum atomic E-state index is 0. The molecular weight excluding hydrogens is 299 g/mol. The first-order chi connectivity index (χ1) is 9.19. The van der Waals surface area contributed by atoms with Crippen molar-refractivity contribution < 1.29 is 9.53 Å². The third kappa shape index (κ3) is 5.57. The molecule has 0 radical (unpaired) electrons. The van der Waals surface area contributed by atoms with Crippen molar-refractivity contribution in [2.45, 2.75) is 19.4 Å². The predicted molar refractivity (Wildman–Crippen MR) is 82.7 cm³/mol. The molecule has 1 fully saturated rings. The van der Waals surface area contributed by atoms with Crippen LogP contribution in [0.25, 0.3) is 0 Å². The lowest BCUT2D eigenvalue weighted by atomic mass is 10.2. The Labute approximate surface area is 130 Å². The van der Waals surface area contributed by atoms with Crippen LogP contribution in [0.2, 0.25) is 5.02 Å². The Morgan fingerprint density at radius 3 is 2.80 bits per heavy atom. The van der Waals surface area contributed by atoms with E-state index in [0.29, 0.717) is 23.9 Å². The Bertz CT molecular complexity index is 451. The third-order valence-electron chi connectivity index (χ3n) is 3.12. The Balaban J connectivity index is 0.00000200. The average molecular weight is 319 g/mol. The summed E-state index contributed by atoms with van der Waals surface area (Å²) < 4.78 is 5.08. The zero-order valence-electron chi connectivity index (χ0n) is 11.4. The highest BCUT2D eigenvalue weighted by atomic mass is 35.5. The van der Waals surface area contributed by atoms with Gasteiger partial charge in [-0.05, 0) is 43.0 Å². The highest BCUT2D eigenvalue weighted by Gasteiger charge is 2.20. The van der Waals surface area contributed by atoms with E-state index in [-0.39, 0.29) is 18.3 Å². The fourth-order valence-electron chi connectivity index (χ4n) is 1.79. The molecule has 1 amide bonds. The topological polar surface area (TPSA) is 50.4 Å². The highest BCUT2D eigenvalue weighted by molar-refractivity contribution is 6.32. The molecule has 2 rings (SSSR count). The van der Waals surface area contributed by atoms with E-state index < -0.39 is 0 Å². The van der Waals surface area contributed by atoms with Gasteiger partial charge >= 0.3 is 0 Å². The molecule has 0 saturated heterocycles. The summed E-state index contributed by atoms with van der Waals surface area (Å²) >= 11 is 6.02. The summed E-state index contributed by atoms with van der Waals surface area (Å²) in [4.78, 5) is 11.6. The number of hydrogen-bond acceptors (Lipinski definition) is 3. The molecule has 4 nitrogen and oxygen atoms in total. The number of carbonyl (C=O) groups excluding carboxylic acids is 1. The normalized spacial score (nSPS) is 13.5. The van der Waals surface area contributed by atoms with Crippen LogP contribution in [0.5, 0.6) is 5.75 Å². The first-order valence-electron chi connectivity index (χ1n) is 6.49. The smallest absolute Gasteiger partial charge is 0.234 e. The minimum Gasteiger partial charge on any atom is -0.495 e. The summed E-state index contributed by atoms with van der Waals surface area (Å²) in [7, 11) is 1.58. The second-order valence-corrected chi connectivity index (χ2v) is 5.23. The summed E-state index contributed by atoms with van der Waals surface area (Å²) in [5.74, 6) is 1.43. The number of halogens is 2. The summed E-state index contributed by atoms with van der Waals surface area (Å²) in [6.07, 6.45) is 2.58. The zero-order valence-corrected chi connectivity index (χ0v) is 13.0. The minimum absolute atomic E-state index is 0. The monoisotopic (exact) mass is 318 g/mol. The first kappa shape index (κ1) is 17.1. The van der Waals surface area contributed by atoms with Crippen molar-refractivity contribution in [1.82, 2.24) is 10.6 Å². The van der Waals surface area contributed by atoms with Crippen LogP contribution in [0.15, 0.2) is 18.2 Å². The molecule has 112 valence electrons. The highest BCUT2D eigenvalue weighted by Crippen LogP contribution is 2.27. The van der Waals surface area contributed by atoms with Crippen LogP contribution in [0.1, 0.15) is 18.4 Å². The first-order valence-corrected chi connectivity index (χ1v) is 6.86. The predicted octanol–water partition coefficient (Wildman–Crippen LogP) is 2.39. The van der Waals surface area contributed by atoms with Crippen molar-refractivity contribution in [1.29, 1.82) is 0 Å². The fourth-order valence-corrected chi connectivity index (χ4v) is 2.08. The van der Waals surface area contributed by atoms with Crippen LogP contribution >= 0.6 is 24.0 Å². The standard InChI is InChI=1S/C14H19ClN2O2.ClH/c1-19-13-5-4-11(6-12(13)15)8-17-14(18)9-16-7-10-2-3-10;/h4-6,10,16H,2-3,7-9H2,1H3,(H,17,18);1H. The number of amides is 1. The molecule has 1 aromatic carbocycles. The number of nitrogens with one attached hydrogen (secondary N) is 2. The Kier molecular flexibility index (Phi) is 7.13. The van der Waals surface area contributed by atoms with E-state index in [1.807, 2.05) is 6.07 Å². The van der Waals surface area contributed by atoms with Gasteiger partial charge in [-0.25, -0.2) is 0 Å². The van der Waals surface area contributed by atoms with Crippen molar-refractivity contribution in [3.63, 3.8) is 0 Å². The molecule has 0 spiro atoms. The van der Waals surface area contributed by atoms with Crippen molar-refractivity contribution in [2.75, 3.05) is 20.2 Å². The third-order valence-corrected chi connectivity index (χ3v) is 3.42. The van der Waals surface area contributed by atoms with Gasteiger partial charge in [-0.3, -0.25) is 4.79 Å². The molecule has 1 aliphatic rings. The molecular formula is C14H20Cl2N2O2. The number of methoxy groups -OCH3 is 1. The quantitative estimate of drug-likeness (QED) is 0.811. The fraction of sp³-hybridized carbons (Fsp3) is 0.500. The average Bonchev–Trinajstić information content (AvgIpc) is 3.20. The number of rotatable bonds is 7. The van der Waals surface area contributed by atoms with Gasteiger partial charge in [0.2, 0.25) is 5.91 Å². The summed E-state index contributed by atoms with van der Waals surface area (Å²) in [6, 6.07) is 5.50. The Morgan fingerprint density at radius 2 is 2.20 bits per heavy atom. The van der Waals surface area contributed by atoms with Gasteiger partial charge < -0.3 is 15.4 Å². The van der Waals surface area contributed by atoms with E-state index in [0.717, 1.165) is 18.0 Å². The van der Waals surface area contributed by atoms with Gasteiger partial charge in [0.25, 0.3) is 0 Å². The Morgan fingerprint density at radius 1 is 1.45 bits per heavy atom. The maximum Gasteiger partial charge on any atom is 0.234 e. The van der Waals surface area contributed by atoms with Crippen LogP contribution < -0.4 is 15.4 Å². The van der Waals surface area contributed by atoms with Crippen molar-refractivity contribution >= 4 is 29.9 Å². The molecule has 0 heterocycles. The van der Waals surface area contributed by atoms with E-state index in [1.165, 1.54) is 12.8 Å². The Hall–Kier alpha value is -0.970. The van der Waals surface area contributed by atoms with Crippen LogP contribution in [0, 0.1) is 5.92 Å². The lowest BCUT2D eigenvalue weighted by molar-refractivity contribution is -0.120. The summed E-state index contributed by atoms with van der Waals surface area (Å²) in [5.41, 5.74) is 0.960. The molecule has 1 saturated carbocycles. The SMILES string of the molecule is COc1ccc(CNC(=O)CNCC2CC2)cc1Cl.Cl. The van der Waals surface area contributed by atoms with E-state index in [1.54, 1.807) is 19.2 Å². The molecule has 0 bridgehead atoms. The molecule has 0 atom stereocenters. The number of hydrogen-bond donors (Lipinski definition) is 2. The van der Waals surface area contributed by atoms with Gasteiger partial charge in [-0.1, -0.05) is 17.7 Å². The van der Waals surface area contributed by atoms with Gasteiger partial charge in [-0.15, -0.1) is 12.4 Å². The second kappa shape index (κ2) is 8.35. The van der Waals surface area contributed by atoms with Crippen molar-refractivity contribution in [3.05, 3.63) is 28.8 Å². The largest absolute Gasteiger partial charge is 0.495 e. The molecule has 20 heavy (non-hydrogen) atoms. The summed E-state index contributed by atoms with van der Waals surface area (Å²) in [6.45, 7) is 1.80. The molecule has 2 N–H and O–H groups in total. The van der Waals surface area contributed by atoms with Crippen LogP contribution in [0.3, 0.4) is 0 Å². The lowest BCUT2D eigenvalue weighted by Crippen LogP contribution is -2.34. The van der Waals surface area contributed by atoms with Crippen LogP contribution in [-0.2, 0) is 11.3 Å². The maximum absolute atomic E-state index is 11.6. The second-order valence-electron chi connectivity index (χ2n) is 4.82. The van der Waals surface area contributed by atoms with Crippen LogP contribution in [-0.4, -0.2) is 26.1 Å².